The van der Waals surface area contributed by atoms with Gasteiger partial charge in [0, 0.05) is 17.7 Å². The van der Waals surface area contributed by atoms with Crippen LogP contribution in [0.3, 0.4) is 0 Å². The van der Waals surface area contributed by atoms with E-state index in [1.165, 1.54) is 12.8 Å². The molecule has 1 aliphatic rings. The van der Waals surface area contributed by atoms with Crippen LogP contribution in [0.25, 0.3) is 11.1 Å². The highest BCUT2D eigenvalue weighted by molar-refractivity contribution is 6.01. The Morgan fingerprint density at radius 2 is 1.66 bits per heavy atom. The monoisotopic (exact) mass is 425 g/mol. The number of nitriles is 1. The SMILES string of the molecule is COc1ccc([C@H](CNC(=O)c2ccccc2-c2ccccc2C#N)N2CCCC2)cc1. The van der Waals surface area contributed by atoms with Gasteiger partial charge in [0.15, 0.2) is 0 Å². The molecule has 3 aromatic carbocycles. The second-order valence-electron chi connectivity index (χ2n) is 7.95. The van der Waals surface area contributed by atoms with Crippen molar-refractivity contribution in [3.63, 3.8) is 0 Å². The van der Waals surface area contributed by atoms with Gasteiger partial charge < -0.3 is 10.1 Å². The molecule has 0 unspecified atom stereocenters. The summed E-state index contributed by atoms with van der Waals surface area (Å²) in [4.78, 5) is 15.7. The molecule has 0 radical (unpaired) electrons. The van der Waals surface area contributed by atoms with E-state index in [4.69, 9.17) is 4.74 Å². The van der Waals surface area contributed by atoms with E-state index in [-0.39, 0.29) is 11.9 Å². The fourth-order valence-electron chi connectivity index (χ4n) is 4.35. The fraction of sp³-hybridized carbons (Fsp3) is 0.259. The first-order valence-corrected chi connectivity index (χ1v) is 11.0. The van der Waals surface area contributed by atoms with Crippen LogP contribution in [-0.4, -0.2) is 37.6 Å². The van der Waals surface area contributed by atoms with Crippen molar-refractivity contribution < 1.29 is 9.53 Å². The molecule has 1 saturated heterocycles. The number of carbonyl (C=O) groups excluding carboxylic acids is 1. The van der Waals surface area contributed by atoms with Gasteiger partial charge in [0.25, 0.3) is 5.91 Å². The standard InChI is InChI=1S/C27H27N3O2/c1-32-22-14-12-20(13-15-22)26(30-16-6-7-17-30)19-29-27(31)25-11-5-4-10-24(25)23-9-3-2-8-21(23)18-28/h2-5,8-15,26H,6-7,16-17,19H2,1H3,(H,29,31)/t26-/m0/s1. The van der Waals surface area contributed by atoms with E-state index < -0.39 is 0 Å². The van der Waals surface area contributed by atoms with Crippen molar-refractivity contribution in [2.24, 2.45) is 0 Å². The zero-order valence-corrected chi connectivity index (χ0v) is 18.3. The van der Waals surface area contributed by atoms with Crippen LogP contribution in [0.15, 0.2) is 72.8 Å². The first kappa shape index (κ1) is 21.6. The Kier molecular flexibility index (Phi) is 6.84. The molecule has 0 bridgehead atoms. The number of amides is 1. The van der Waals surface area contributed by atoms with Crippen LogP contribution < -0.4 is 10.1 Å². The van der Waals surface area contributed by atoms with Crippen molar-refractivity contribution in [3.8, 4) is 22.9 Å². The first-order valence-electron chi connectivity index (χ1n) is 11.0. The van der Waals surface area contributed by atoms with Crippen molar-refractivity contribution >= 4 is 5.91 Å². The molecule has 162 valence electrons. The molecule has 0 aromatic heterocycles. The van der Waals surface area contributed by atoms with E-state index >= 15 is 0 Å². The summed E-state index contributed by atoms with van der Waals surface area (Å²) in [5, 5.41) is 12.7. The van der Waals surface area contributed by atoms with Gasteiger partial charge in [0.05, 0.1) is 24.8 Å². The molecule has 1 atom stereocenters. The van der Waals surface area contributed by atoms with Gasteiger partial charge in [-0.15, -0.1) is 0 Å². The molecule has 4 rings (SSSR count). The van der Waals surface area contributed by atoms with Gasteiger partial charge in [-0.25, -0.2) is 0 Å². The average molecular weight is 426 g/mol. The number of ether oxygens (including phenoxy) is 1. The quantitative estimate of drug-likeness (QED) is 0.590. The van der Waals surface area contributed by atoms with Crippen LogP contribution in [-0.2, 0) is 0 Å². The summed E-state index contributed by atoms with van der Waals surface area (Å²) in [6.45, 7) is 2.57. The zero-order chi connectivity index (χ0) is 22.3. The lowest BCUT2D eigenvalue weighted by Crippen LogP contribution is -2.37. The molecule has 1 fully saturated rings. The van der Waals surface area contributed by atoms with Crippen molar-refractivity contribution in [2.75, 3.05) is 26.7 Å². The summed E-state index contributed by atoms with van der Waals surface area (Å²) in [5.74, 6) is 0.689. The first-order chi connectivity index (χ1) is 15.7. The smallest absolute Gasteiger partial charge is 0.251 e. The third kappa shape index (κ3) is 4.66. The van der Waals surface area contributed by atoms with Crippen molar-refractivity contribution in [1.82, 2.24) is 10.2 Å². The maximum Gasteiger partial charge on any atom is 0.251 e. The largest absolute Gasteiger partial charge is 0.497 e. The molecule has 1 heterocycles. The zero-order valence-electron chi connectivity index (χ0n) is 18.3. The van der Waals surface area contributed by atoms with Gasteiger partial charge >= 0.3 is 0 Å². The van der Waals surface area contributed by atoms with Gasteiger partial charge in [-0.2, -0.15) is 5.26 Å². The molecule has 1 aliphatic heterocycles. The molecule has 1 amide bonds. The Morgan fingerprint density at radius 1 is 1.00 bits per heavy atom. The maximum atomic E-state index is 13.3. The third-order valence-electron chi connectivity index (χ3n) is 6.05. The number of hydrogen-bond donors (Lipinski definition) is 1. The Labute approximate surface area is 189 Å². The Morgan fingerprint density at radius 3 is 2.34 bits per heavy atom. The van der Waals surface area contributed by atoms with Gasteiger partial charge in [-0.05, 0) is 61.3 Å². The van der Waals surface area contributed by atoms with Crippen LogP contribution in [0, 0.1) is 11.3 Å². The summed E-state index contributed by atoms with van der Waals surface area (Å²) in [6.07, 6.45) is 2.35. The maximum absolute atomic E-state index is 13.3. The third-order valence-corrected chi connectivity index (χ3v) is 6.05. The van der Waals surface area contributed by atoms with Gasteiger partial charge in [0.1, 0.15) is 5.75 Å². The van der Waals surface area contributed by atoms with E-state index in [9.17, 15) is 10.1 Å². The predicted molar refractivity (Wildman–Crippen MR) is 125 cm³/mol. The minimum atomic E-state index is -0.133. The van der Waals surface area contributed by atoms with Crippen LogP contribution >= 0.6 is 0 Å². The highest BCUT2D eigenvalue weighted by atomic mass is 16.5. The minimum Gasteiger partial charge on any atom is -0.497 e. The van der Waals surface area contributed by atoms with E-state index in [1.54, 1.807) is 13.2 Å². The average Bonchev–Trinajstić information content (AvgIpc) is 3.39. The molecule has 32 heavy (non-hydrogen) atoms. The number of carbonyl (C=O) groups is 1. The van der Waals surface area contributed by atoms with E-state index in [0.29, 0.717) is 17.7 Å². The second-order valence-corrected chi connectivity index (χ2v) is 7.95. The Balaban J connectivity index is 1.57. The predicted octanol–water partition coefficient (Wildman–Crippen LogP) is 4.80. The van der Waals surface area contributed by atoms with E-state index in [0.717, 1.165) is 35.5 Å². The minimum absolute atomic E-state index is 0.103. The van der Waals surface area contributed by atoms with Crippen molar-refractivity contribution in [1.29, 1.82) is 5.26 Å². The summed E-state index contributed by atoms with van der Waals surface area (Å²) in [7, 11) is 1.66. The van der Waals surface area contributed by atoms with Crippen LogP contribution in [0.4, 0.5) is 0 Å². The number of likely N-dealkylation sites (tertiary alicyclic amines) is 1. The van der Waals surface area contributed by atoms with Gasteiger partial charge in [0.2, 0.25) is 0 Å². The lowest BCUT2D eigenvalue weighted by Gasteiger charge is -2.28. The molecule has 1 N–H and O–H groups in total. The highest BCUT2D eigenvalue weighted by Gasteiger charge is 2.25. The molecular weight excluding hydrogens is 398 g/mol. The molecule has 0 saturated carbocycles. The van der Waals surface area contributed by atoms with Crippen LogP contribution in [0.2, 0.25) is 0 Å². The summed E-state index contributed by atoms with van der Waals surface area (Å²) in [6, 6.07) is 25.3. The molecule has 5 heteroatoms. The summed E-state index contributed by atoms with van der Waals surface area (Å²) >= 11 is 0. The van der Waals surface area contributed by atoms with Crippen molar-refractivity contribution in [2.45, 2.75) is 18.9 Å². The molecule has 0 aliphatic carbocycles. The molecule has 5 nitrogen and oxygen atoms in total. The van der Waals surface area contributed by atoms with E-state index in [1.807, 2.05) is 54.6 Å². The highest BCUT2D eigenvalue weighted by Crippen LogP contribution is 2.28. The molecular formula is C27H27N3O2. The topological polar surface area (TPSA) is 65.4 Å². The number of hydrogen-bond acceptors (Lipinski definition) is 4. The summed E-state index contributed by atoms with van der Waals surface area (Å²) < 4.78 is 5.30. The number of benzene rings is 3. The molecule has 0 spiro atoms. The van der Waals surface area contributed by atoms with Crippen LogP contribution in [0.1, 0.15) is 40.4 Å². The lowest BCUT2D eigenvalue weighted by atomic mass is 9.95. The number of nitrogens with zero attached hydrogens (tertiary/aromatic N) is 2. The normalized spacial score (nSPS) is 14.5. The number of nitrogens with one attached hydrogen (secondary N) is 1. The number of methoxy groups -OCH3 is 1. The second kappa shape index (κ2) is 10.1. The van der Waals surface area contributed by atoms with Gasteiger partial charge in [-0.3, -0.25) is 9.69 Å². The lowest BCUT2D eigenvalue weighted by molar-refractivity contribution is 0.0938. The van der Waals surface area contributed by atoms with Gasteiger partial charge in [-0.1, -0.05) is 48.5 Å². The van der Waals surface area contributed by atoms with E-state index in [2.05, 4.69) is 28.4 Å². The number of rotatable bonds is 7. The fourth-order valence-corrected chi connectivity index (χ4v) is 4.35. The van der Waals surface area contributed by atoms with Crippen molar-refractivity contribution in [3.05, 3.63) is 89.5 Å². The Hall–Kier alpha value is -3.62. The summed E-state index contributed by atoms with van der Waals surface area (Å²) in [5.41, 5.74) is 3.83. The molecule has 3 aromatic rings. The van der Waals surface area contributed by atoms with Crippen LogP contribution in [0.5, 0.6) is 5.75 Å². The Bertz CT molecular complexity index is 1110.